The smallest absolute Gasteiger partial charge is 0.354 e. The van der Waals surface area contributed by atoms with Crippen molar-refractivity contribution in [3.05, 3.63) is 59.3 Å². The van der Waals surface area contributed by atoms with Crippen molar-refractivity contribution in [2.75, 3.05) is 25.0 Å². The first-order valence-electron chi connectivity index (χ1n) is 10.7. The van der Waals surface area contributed by atoms with Crippen molar-refractivity contribution >= 4 is 17.7 Å². The molecule has 3 atom stereocenters. The third kappa shape index (κ3) is 4.18. The van der Waals surface area contributed by atoms with Gasteiger partial charge in [0.15, 0.2) is 5.69 Å². The first kappa shape index (κ1) is 20.4. The quantitative estimate of drug-likeness (QED) is 0.822. The Bertz CT molecular complexity index is 945. The third-order valence-corrected chi connectivity index (χ3v) is 6.86. The Labute approximate surface area is 177 Å². The second-order valence-corrected chi connectivity index (χ2v) is 8.67. The summed E-state index contributed by atoms with van der Waals surface area (Å²) in [5.74, 6) is 1.04. The number of carboxylic acid groups (broad SMARTS) is 1. The van der Waals surface area contributed by atoms with Gasteiger partial charge in [-0.25, -0.2) is 9.78 Å². The lowest BCUT2D eigenvalue weighted by Gasteiger charge is -2.35. The van der Waals surface area contributed by atoms with E-state index in [1.807, 2.05) is 36.2 Å². The van der Waals surface area contributed by atoms with Gasteiger partial charge in [0.2, 0.25) is 5.91 Å². The van der Waals surface area contributed by atoms with E-state index in [4.69, 9.17) is 0 Å². The lowest BCUT2D eigenvalue weighted by Crippen LogP contribution is -2.39. The van der Waals surface area contributed by atoms with Crippen LogP contribution in [-0.2, 0) is 11.2 Å². The van der Waals surface area contributed by atoms with Crippen LogP contribution in [0.15, 0.2) is 42.5 Å². The highest BCUT2D eigenvalue weighted by molar-refractivity contribution is 5.85. The van der Waals surface area contributed by atoms with Gasteiger partial charge in [-0.1, -0.05) is 30.3 Å². The number of hydrogen-bond donors (Lipinski definition) is 1. The highest BCUT2D eigenvalue weighted by Crippen LogP contribution is 2.41. The summed E-state index contributed by atoms with van der Waals surface area (Å²) in [6.45, 7) is 3.80. The molecule has 1 saturated heterocycles. The molecule has 2 heterocycles. The number of nitrogens with zero attached hydrogens (tertiary/aromatic N) is 3. The number of carbonyl (C=O) groups is 2. The molecule has 0 radical (unpaired) electrons. The Morgan fingerprint density at radius 3 is 2.67 bits per heavy atom. The van der Waals surface area contributed by atoms with E-state index in [0.29, 0.717) is 18.3 Å². The van der Waals surface area contributed by atoms with E-state index in [-0.39, 0.29) is 17.6 Å². The molecule has 1 saturated carbocycles. The first-order chi connectivity index (χ1) is 14.4. The molecule has 158 valence electrons. The first-order valence-corrected chi connectivity index (χ1v) is 10.7. The Morgan fingerprint density at radius 2 is 1.90 bits per heavy atom. The Morgan fingerprint density at radius 1 is 1.13 bits per heavy atom. The van der Waals surface area contributed by atoms with Gasteiger partial charge in [-0.2, -0.15) is 0 Å². The topological polar surface area (TPSA) is 73.7 Å². The lowest BCUT2D eigenvalue weighted by molar-refractivity contribution is -0.131. The highest BCUT2D eigenvalue weighted by atomic mass is 16.4. The number of aromatic carboxylic acids is 1. The summed E-state index contributed by atoms with van der Waals surface area (Å²) in [4.78, 5) is 32.6. The van der Waals surface area contributed by atoms with E-state index >= 15 is 0 Å². The number of fused-ring (bicyclic) bond motifs is 1. The maximum atomic E-state index is 12.9. The molecule has 6 heteroatoms. The molecule has 1 aliphatic carbocycles. The fourth-order valence-corrected chi connectivity index (χ4v) is 5.00. The second kappa shape index (κ2) is 8.46. The molecule has 4 rings (SSSR count). The number of aromatic nitrogens is 1. The molecule has 1 amide bonds. The molecule has 1 aromatic heterocycles. The van der Waals surface area contributed by atoms with Crippen LogP contribution in [-0.4, -0.2) is 53.0 Å². The van der Waals surface area contributed by atoms with E-state index in [9.17, 15) is 14.7 Å². The van der Waals surface area contributed by atoms with Crippen molar-refractivity contribution in [1.82, 2.24) is 9.88 Å². The minimum atomic E-state index is -0.999. The van der Waals surface area contributed by atoms with Crippen LogP contribution in [0.5, 0.6) is 0 Å². The van der Waals surface area contributed by atoms with E-state index in [1.54, 1.807) is 6.07 Å². The Hall–Kier alpha value is -2.89. The molecule has 0 unspecified atom stereocenters. The number of amides is 1. The van der Waals surface area contributed by atoms with Crippen LogP contribution < -0.4 is 4.90 Å². The molecule has 6 nitrogen and oxygen atoms in total. The zero-order chi connectivity index (χ0) is 21.3. The predicted octanol–water partition coefficient (Wildman–Crippen LogP) is 3.39. The van der Waals surface area contributed by atoms with Gasteiger partial charge in [-0.3, -0.25) is 4.79 Å². The van der Waals surface area contributed by atoms with Crippen molar-refractivity contribution in [2.45, 2.75) is 38.6 Å². The summed E-state index contributed by atoms with van der Waals surface area (Å²) in [6, 6.07) is 13.5. The van der Waals surface area contributed by atoms with Crippen molar-refractivity contribution in [3.8, 4) is 0 Å². The Balaban J connectivity index is 1.39. The molecule has 1 N–H and O–H groups in total. The van der Waals surface area contributed by atoms with Crippen molar-refractivity contribution in [3.63, 3.8) is 0 Å². The van der Waals surface area contributed by atoms with Crippen molar-refractivity contribution in [2.24, 2.45) is 11.8 Å². The second-order valence-electron chi connectivity index (χ2n) is 8.67. The number of anilines is 1. The van der Waals surface area contributed by atoms with Crippen LogP contribution in [0.1, 0.15) is 40.9 Å². The number of piperidine rings is 1. The zero-order valence-corrected chi connectivity index (χ0v) is 17.6. The van der Waals surface area contributed by atoms with E-state index in [2.05, 4.69) is 22.9 Å². The summed E-state index contributed by atoms with van der Waals surface area (Å²) in [7, 11) is 1.94. The minimum Gasteiger partial charge on any atom is -0.477 e. The fourth-order valence-electron chi connectivity index (χ4n) is 5.00. The SMILES string of the molecule is Cc1ccccc1CC(=O)N(C)[C@H]1C[C@H]2CCN(c3cccc(C(=O)O)n3)C[C@H]2C1. The van der Waals surface area contributed by atoms with Crippen LogP contribution in [0.25, 0.3) is 0 Å². The summed E-state index contributed by atoms with van der Waals surface area (Å²) in [6.07, 6.45) is 3.56. The third-order valence-electron chi connectivity index (χ3n) is 6.86. The number of hydrogen-bond acceptors (Lipinski definition) is 4. The summed E-state index contributed by atoms with van der Waals surface area (Å²) in [5, 5.41) is 9.21. The van der Waals surface area contributed by atoms with E-state index in [1.165, 1.54) is 6.07 Å². The maximum absolute atomic E-state index is 12.9. The number of rotatable bonds is 5. The number of carboxylic acids is 1. The normalized spacial score (nSPS) is 23.1. The van der Waals surface area contributed by atoms with Gasteiger partial charge in [-0.05, 0) is 61.3 Å². The van der Waals surface area contributed by atoms with Gasteiger partial charge in [0.1, 0.15) is 5.82 Å². The standard InChI is InChI=1S/C24H29N3O3/c1-16-6-3-4-7-17(16)14-23(28)26(2)20-12-18-10-11-27(15-19(18)13-20)22-9-5-8-21(25-22)24(29)30/h3-9,18-20H,10-15H2,1-2H3,(H,29,30)/t18-,19-,20+/m1/s1. The summed E-state index contributed by atoms with van der Waals surface area (Å²) < 4.78 is 0. The number of likely N-dealkylation sites (N-methyl/N-ethyl adjacent to an activating group) is 1. The van der Waals surface area contributed by atoms with Gasteiger partial charge >= 0.3 is 5.97 Å². The predicted molar refractivity (Wildman–Crippen MR) is 116 cm³/mol. The molecule has 2 fully saturated rings. The number of carbonyl (C=O) groups excluding carboxylic acids is 1. The van der Waals surface area contributed by atoms with Gasteiger partial charge in [0, 0.05) is 26.2 Å². The summed E-state index contributed by atoms with van der Waals surface area (Å²) in [5.41, 5.74) is 2.34. The number of aryl methyl sites for hydroxylation is 1. The minimum absolute atomic E-state index is 0.0838. The van der Waals surface area contributed by atoms with Crippen LogP contribution in [0.2, 0.25) is 0 Å². The largest absolute Gasteiger partial charge is 0.477 e. The van der Waals surface area contributed by atoms with E-state index in [0.717, 1.165) is 49.3 Å². The van der Waals surface area contributed by atoms with Gasteiger partial charge in [-0.15, -0.1) is 0 Å². The molecule has 1 aliphatic heterocycles. The summed E-state index contributed by atoms with van der Waals surface area (Å²) >= 11 is 0. The Kier molecular flexibility index (Phi) is 5.75. The van der Waals surface area contributed by atoms with Gasteiger partial charge in [0.25, 0.3) is 0 Å². The van der Waals surface area contributed by atoms with Crippen molar-refractivity contribution < 1.29 is 14.7 Å². The number of pyridine rings is 1. The molecule has 1 aromatic carbocycles. The monoisotopic (exact) mass is 407 g/mol. The molecule has 30 heavy (non-hydrogen) atoms. The van der Waals surface area contributed by atoms with Crippen LogP contribution in [0.4, 0.5) is 5.82 Å². The molecular weight excluding hydrogens is 378 g/mol. The molecule has 2 aromatic rings. The lowest BCUT2D eigenvalue weighted by atomic mass is 9.89. The highest BCUT2D eigenvalue weighted by Gasteiger charge is 2.40. The number of benzene rings is 1. The molecular formula is C24H29N3O3. The fraction of sp³-hybridized carbons (Fsp3) is 0.458. The maximum Gasteiger partial charge on any atom is 0.354 e. The molecule has 0 bridgehead atoms. The van der Waals surface area contributed by atoms with Crippen LogP contribution in [0, 0.1) is 18.8 Å². The van der Waals surface area contributed by atoms with Gasteiger partial charge in [0.05, 0.1) is 6.42 Å². The van der Waals surface area contributed by atoms with Crippen LogP contribution >= 0.6 is 0 Å². The van der Waals surface area contributed by atoms with Crippen LogP contribution in [0.3, 0.4) is 0 Å². The van der Waals surface area contributed by atoms with Crippen molar-refractivity contribution in [1.29, 1.82) is 0 Å². The molecule has 0 spiro atoms. The van der Waals surface area contributed by atoms with E-state index < -0.39 is 5.97 Å². The van der Waals surface area contributed by atoms with Gasteiger partial charge < -0.3 is 14.9 Å². The average molecular weight is 408 g/mol. The average Bonchev–Trinajstić information content (AvgIpc) is 3.18. The molecule has 2 aliphatic rings. The zero-order valence-electron chi connectivity index (χ0n) is 17.6.